The van der Waals surface area contributed by atoms with Gasteiger partial charge in [-0.15, -0.1) is 0 Å². The van der Waals surface area contributed by atoms with Gasteiger partial charge in [-0.3, -0.25) is 4.79 Å². The molecule has 1 amide bonds. The van der Waals surface area contributed by atoms with E-state index in [2.05, 4.69) is 10.3 Å². The van der Waals surface area contributed by atoms with Crippen LogP contribution in [0.3, 0.4) is 0 Å². The minimum Gasteiger partial charge on any atom is -0.496 e. The summed E-state index contributed by atoms with van der Waals surface area (Å²) in [5.41, 5.74) is 0.897. The Labute approximate surface area is 154 Å². The average Bonchev–Trinajstić information content (AvgIpc) is 3.19. The predicted molar refractivity (Wildman–Crippen MR) is 99.0 cm³/mol. The number of nitrogens with zero attached hydrogens (tertiary/aromatic N) is 3. The monoisotopic (exact) mass is 354 g/mol. The lowest BCUT2D eigenvalue weighted by atomic mass is 9.93. The van der Waals surface area contributed by atoms with Crippen molar-refractivity contribution >= 4 is 5.91 Å². The summed E-state index contributed by atoms with van der Waals surface area (Å²) in [4.78, 5) is 19.9. The molecule has 6 nitrogen and oxygen atoms in total. The number of hydrogen-bond acceptors (Lipinski definition) is 4. The molecule has 1 aliphatic heterocycles. The molecule has 0 unspecified atom stereocenters. The zero-order valence-electron chi connectivity index (χ0n) is 15.4. The Morgan fingerprint density at radius 3 is 2.85 bits per heavy atom. The molecular formula is C20H26N4O2. The third-order valence-electron chi connectivity index (χ3n) is 5.95. The van der Waals surface area contributed by atoms with Gasteiger partial charge >= 0.3 is 0 Å². The minimum atomic E-state index is 0.0332. The number of carbonyl (C=O) groups is 1. The lowest BCUT2D eigenvalue weighted by molar-refractivity contribution is 0.0682. The molecule has 138 valence electrons. The highest BCUT2D eigenvalue weighted by Crippen LogP contribution is 2.56. The number of nitrogens with one attached hydrogen (secondary N) is 1. The summed E-state index contributed by atoms with van der Waals surface area (Å²) in [5.74, 6) is 1.57. The van der Waals surface area contributed by atoms with Crippen LogP contribution < -0.4 is 10.1 Å². The molecule has 4 rings (SSSR count). The Morgan fingerprint density at radius 2 is 2.15 bits per heavy atom. The zero-order chi connectivity index (χ0) is 18.1. The van der Waals surface area contributed by atoms with Crippen LogP contribution in [0, 0.1) is 5.41 Å². The SMILES string of the molecule is COc1ccccc1C(=O)N(Cc1nccn1C)[C@H]1CC12CCNCC2. The van der Waals surface area contributed by atoms with E-state index in [4.69, 9.17) is 4.74 Å². The summed E-state index contributed by atoms with van der Waals surface area (Å²) < 4.78 is 7.42. The molecule has 1 aliphatic carbocycles. The second-order valence-corrected chi connectivity index (χ2v) is 7.42. The number of imidazole rings is 1. The van der Waals surface area contributed by atoms with E-state index in [0.717, 1.165) is 38.2 Å². The molecule has 1 saturated carbocycles. The quantitative estimate of drug-likeness (QED) is 0.894. The molecular weight excluding hydrogens is 328 g/mol. The fourth-order valence-electron chi connectivity index (χ4n) is 4.23. The number of carbonyl (C=O) groups excluding carboxylic acids is 1. The van der Waals surface area contributed by atoms with Gasteiger partial charge in [0.2, 0.25) is 0 Å². The van der Waals surface area contributed by atoms with Crippen LogP contribution in [-0.2, 0) is 13.6 Å². The molecule has 2 fully saturated rings. The molecule has 2 aliphatic rings. The highest BCUT2D eigenvalue weighted by atomic mass is 16.5. The topological polar surface area (TPSA) is 59.4 Å². The molecule has 2 heterocycles. The summed E-state index contributed by atoms with van der Waals surface area (Å²) in [6.45, 7) is 2.60. The third-order valence-corrected chi connectivity index (χ3v) is 5.95. The Hall–Kier alpha value is -2.34. The standard InChI is InChI=1S/C20H26N4O2/c1-23-12-11-22-18(23)14-24(17-13-20(17)7-9-21-10-8-20)19(25)15-5-3-4-6-16(15)26-2/h3-6,11-12,17,21H,7-10,13-14H2,1-2H3/t17-/m0/s1. The maximum Gasteiger partial charge on any atom is 0.258 e. The van der Waals surface area contributed by atoms with E-state index in [0.29, 0.717) is 17.9 Å². The third kappa shape index (κ3) is 2.98. The van der Waals surface area contributed by atoms with Crippen molar-refractivity contribution in [1.29, 1.82) is 0 Å². The van der Waals surface area contributed by atoms with E-state index in [1.807, 2.05) is 47.0 Å². The van der Waals surface area contributed by atoms with Crippen molar-refractivity contribution in [3.8, 4) is 5.75 Å². The molecule has 1 spiro atoms. The van der Waals surface area contributed by atoms with Gasteiger partial charge < -0.3 is 19.5 Å². The van der Waals surface area contributed by atoms with Crippen LogP contribution in [0.2, 0.25) is 0 Å². The van der Waals surface area contributed by atoms with Crippen LogP contribution in [0.1, 0.15) is 35.4 Å². The van der Waals surface area contributed by atoms with E-state index < -0.39 is 0 Å². The van der Waals surface area contributed by atoms with Crippen LogP contribution in [-0.4, -0.2) is 46.6 Å². The highest BCUT2D eigenvalue weighted by molar-refractivity contribution is 5.97. The van der Waals surface area contributed by atoms with Crippen molar-refractivity contribution in [2.45, 2.75) is 31.8 Å². The van der Waals surface area contributed by atoms with Crippen LogP contribution in [0.4, 0.5) is 0 Å². The van der Waals surface area contributed by atoms with Gasteiger partial charge in [0.1, 0.15) is 11.6 Å². The van der Waals surface area contributed by atoms with E-state index >= 15 is 0 Å². The average molecular weight is 354 g/mol. The smallest absolute Gasteiger partial charge is 0.258 e. The van der Waals surface area contributed by atoms with E-state index in [1.165, 1.54) is 0 Å². The number of benzene rings is 1. The van der Waals surface area contributed by atoms with Crippen molar-refractivity contribution in [3.05, 3.63) is 48.0 Å². The van der Waals surface area contributed by atoms with Crippen LogP contribution >= 0.6 is 0 Å². The highest BCUT2D eigenvalue weighted by Gasteiger charge is 2.58. The van der Waals surface area contributed by atoms with Crippen molar-refractivity contribution in [2.24, 2.45) is 12.5 Å². The van der Waals surface area contributed by atoms with E-state index in [-0.39, 0.29) is 17.4 Å². The predicted octanol–water partition coefficient (Wildman–Crippen LogP) is 2.21. The number of para-hydroxylation sites is 1. The van der Waals surface area contributed by atoms with Crippen molar-refractivity contribution < 1.29 is 9.53 Å². The first-order valence-corrected chi connectivity index (χ1v) is 9.25. The molecule has 1 aromatic heterocycles. The largest absolute Gasteiger partial charge is 0.496 e. The van der Waals surface area contributed by atoms with E-state index in [1.54, 1.807) is 13.3 Å². The van der Waals surface area contributed by atoms with Crippen LogP contribution in [0.15, 0.2) is 36.7 Å². The molecule has 6 heteroatoms. The lowest BCUT2D eigenvalue weighted by Crippen LogP contribution is -2.39. The number of hydrogen-bond donors (Lipinski definition) is 1. The van der Waals surface area contributed by atoms with Crippen molar-refractivity contribution in [2.75, 3.05) is 20.2 Å². The summed E-state index contributed by atoms with van der Waals surface area (Å²) in [7, 11) is 3.59. The summed E-state index contributed by atoms with van der Waals surface area (Å²) in [6.07, 6.45) is 7.06. The molecule has 0 bridgehead atoms. The van der Waals surface area contributed by atoms with Gasteiger partial charge in [0.25, 0.3) is 5.91 Å². The lowest BCUT2D eigenvalue weighted by Gasteiger charge is -2.30. The second-order valence-electron chi connectivity index (χ2n) is 7.42. The molecule has 1 N–H and O–H groups in total. The van der Waals surface area contributed by atoms with Crippen molar-refractivity contribution in [1.82, 2.24) is 19.8 Å². The van der Waals surface area contributed by atoms with Gasteiger partial charge in [-0.05, 0) is 49.9 Å². The van der Waals surface area contributed by atoms with Gasteiger partial charge in [-0.1, -0.05) is 12.1 Å². The van der Waals surface area contributed by atoms with Crippen LogP contribution in [0.5, 0.6) is 5.75 Å². The number of aryl methyl sites for hydroxylation is 1. The maximum atomic E-state index is 13.5. The van der Waals surface area contributed by atoms with Gasteiger partial charge in [-0.25, -0.2) is 4.98 Å². The normalized spacial score (nSPS) is 20.8. The Kier molecular flexibility index (Phi) is 4.44. The first-order valence-electron chi connectivity index (χ1n) is 9.25. The Bertz CT molecular complexity index is 795. The number of methoxy groups -OCH3 is 1. The first kappa shape index (κ1) is 17.1. The molecule has 1 aromatic carbocycles. The number of amides is 1. The Balaban J connectivity index is 1.64. The number of rotatable bonds is 5. The van der Waals surface area contributed by atoms with E-state index in [9.17, 15) is 4.79 Å². The molecule has 1 atom stereocenters. The van der Waals surface area contributed by atoms with Crippen molar-refractivity contribution in [3.63, 3.8) is 0 Å². The minimum absolute atomic E-state index is 0.0332. The van der Waals surface area contributed by atoms with Gasteiger partial charge in [0.15, 0.2) is 0 Å². The number of ether oxygens (including phenoxy) is 1. The van der Waals surface area contributed by atoms with Gasteiger partial charge in [0.05, 0.1) is 19.2 Å². The summed E-state index contributed by atoms with van der Waals surface area (Å²) >= 11 is 0. The summed E-state index contributed by atoms with van der Waals surface area (Å²) in [5, 5.41) is 3.43. The number of aromatic nitrogens is 2. The molecule has 1 saturated heterocycles. The number of piperidine rings is 1. The molecule has 2 aromatic rings. The molecule has 0 radical (unpaired) electrons. The molecule has 26 heavy (non-hydrogen) atoms. The fourth-order valence-corrected chi connectivity index (χ4v) is 4.23. The second kappa shape index (κ2) is 6.76. The fraction of sp³-hybridized carbons (Fsp3) is 0.500. The first-order chi connectivity index (χ1) is 12.6. The summed E-state index contributed by atoms with van der Waals surface area (Å²) in [6, 6.07) is 7.76. The maximum absolute atomic E-state index is 13.5. The van der Waals surface area contributed by atoms with Crippen LogP contribution in [0.25, 0.3) is 0 Å². The van der Waals surface area contributed by atoms with Gasteiger partial charge in [-0.2, -0.15) is 0 Å². The van der Waals surface area contributed by atoms with Gasteiger partial charge in [0, 0.05) is 25.5 Å². The zero-order valence-corrected chi connectivity index (χ0v) is 15.4. The Morgan fingerprint density at radius 1 is 1.38 bits per heavy atom.